The number of aliphatic carboxylic acids is 1. The zero-order valence-corrected chi connectivity index (χ0v) is 9.30. The van der Waals surface area contributed by atoms with Crippen LogP contribution < -0.4 is 34.7 Å². The molecule has 0 aromatic rings. The molecule has 1 N–H and O–H groups in total. The van der Waals surface area contributed by atoms with Gasteiger partial charge in [-0.2, -0.15) is 0 Å². The van der Waals surface area contributed by atoms with Crippen LogP contribution in [0.25, 0.3) is 0 Å². The Bertz CT molecular complexity index is 65.5. The first-order valence-electron chi connectivity index (χ1n) is 1.53. The Hall–Kier alpha value is 1.31. The van der Waals surface area contributed by atoms with Crippen LogP contribution in [0, 0.1) is 0 Å². The summed E-state index contributed by atoms with van der Waals surface area (Å²) in [5.74, 6) is -1.44. The summed E-state index contributed by atoms with van der Waals surface area (Å²) in [6, 6.07) is 0. The van der Waals surface area contributed by atoms with E-state index in [1.54, 1.807) is 0 Å². The van der Waals surface area contributed by atoms with Crippen molar-refractivity contribution in [2.24, 2.45) is 0 Å². The normalized spacial score (nSPS) is 10.2. The third-order valence-corrected chi connectivity index (χ3v) is 0.341. The third kappa shape index (κ3) is 10.3. The molecular formula is C3H5NaO3Zr+2. The molecular weight excluding hydrogens is 198 g/mol. The fourth-order valence-electron chi connectivity index (χ4n) is 0. The number of hydrogen-bond acceptors (Lipinski definition) is 3. The monoisotopic (exact) mass is 202 g/mol. The van der Waals surface area contributed by atoms with Crippen molar-refractivity contribution in [1.82, 2.24) is 0 Å². The summed E-state index contributed by atoms with van der Waals surface area (Å²) in [4.78, 5) is 9.34. The molecule has 0 amide bonds. The molecule has 1 atom stereocenters. The minimum Gasteiger partial charge on any atom is -0.547 e. The molecule has 8 heavy (non-hydrogen) atoms. The Balaban J connectivity index is -0.000000125. The summed E-state index contributed by atoms with van der Waals surface area (Å²) in [6.45, 7) is 1.13. The van der Waals surface area contributed by atoms with E-state index in [0.717, 1.165) is 6.92 Å². The van der Waals surface area contributed by atoms with Crippen LogP contribution in [0.1, 0.15) is 6.92 Å². The summed E-state index contributed by atoms with van der Waals surface area (Å²) in [5, 5.41) is 17.3. The quantitative estimate of drug-likeness (QED) is 0.435. The molecule has 0 aromatic carbocycles. The average Bonchev–Trinajstić information content (AvgIpc) is 1.36. The van der Waals surface area contributed by atoms with Gasteiger partial charge in [0.15, 0.2) is 0 Å². The van der Waals surface area contributed by atoms with E-state index >= 15 is 0 Å². The standard InChI is InChI=1S/C3H6O3.Na.Zr/c1-2(4)3(5)6;;/h2,4H,1H3,(H,5,6);;/q;+1;+2/p-1. The van der Waals surface area contributed by atoms with Crippen molar-refractivity contribution in [3.8, 4) is 0 Å². The molecule has 0 aliphatic heterocycles. The summed E-state index contributed by atoms with van der Waals surface area (Å²) >= 11 is 0. The zero-order chi connectivity index (χ0) is 5.15. The molecule has 0 fully saturated rings. The van der Waals surface area contributed by atoms with Gasteiger partial charge in [0.05, 0.1) is 12.1 Å². The Morgan fingerprint density at radius 2 is 1.88 bits per heavy atom. The van der Waals surface area contributed by atoms with Crippen molar-refractivity contribution < 1.29 is 70.8 Å². The number of carbonyl (C=O) groups excluding carboxylic acids is 1. The molecule has 0 radical (unpaired) electrons. The van der Waals surface area contributed by atoms with E-state index in [1.165, 1.54) is 0 Å². The predicted octanol–water partition coefficient (Wildman–Crippen LogP) is -4.88. The average molecular weight is 203 g/mol. The molecule has 0 rings (SSSR count). The minimum atomic E-state index is -1.44. The molecule has 0 bridgehead atoms. The summed E-state index contributed by atoms with van der Waals surface area (Å²) < 4.78 is 0. The smallest absolute Gasteiger partial charge is 0.547 e. The zero-order valence-electron chi connectivity index (χ0n) is 4.84. The van der Waals surface area contributed by atoms with Gasteiger partial charge in [0.25, 0.3) is 0 Å². The van der Waals surface area contributed by atoms with Gasteiger partial charge in [-0.15, -0.1) is 0 Å². The van der Waals surface area contributed by atoms with Gasteiger partial charge in [-0.05, 0) is 6.92 Å². The van der Waals surface area contributed by atoms with E-state index in [9.17, 15) is 9.90 Å². The predicted molar refractivity (Wildman–Crippen MR) is 16.7 cm³/mol. The third-order valence-electron chi connectivity index (χ3n) is 0.341. The van der Waals surface area contributed by atoms with Crippen LogP contribution in [0.15, 0.2) is 0 Å². The van der Waals surface area contributed by atoms with Gasteiger partial charge in [0, 0.05) is 0 Å². The summed E-state index contributed by atoms with van der Waals surface area (Å²) in [7, 11) is 0. The molecule has 0 aromatic heterocycles. The van der Waals surface area contributed by atoms with Crippen molar-refractivity contribution in [3.63, 3.8) is 0 Å². The van der Waals surface area contributed by atoms with Crippen LogP contribution in [0.2, 0.25) is 0 Å². The van der Waals surface area contributed by atoms with Crippen LogP contribution in [-0.4, -0.2) is 17.2 Å². The van der Waals surface area contributed by atoms with Gasteiger partial charge in [0.2, 0.25) is 0 Å². The number of aliphatic hydroxyl groups is 1. The van der Waals surface area contributed by atoms with Gasteiger partial charge in [-0.1, -0.05) is 0 Å². The number of aliphatic hydroxyl groups excluding tert-OH is 1. The van der Waals surface area contributed by atoms with E-state index in [1.807, 2.05) is 0 Å². The van der Waals surface area contributed by atoms with Crippen LogP contribution in [0.3, 0.4) is 0 Å². The first-order chi connectivity index (χ1) is 2.64. The summed E-state index contributed by atoms with van der Waals surface area (Å²) in [5.41, 5.74) is 0. The van der Waals surface area contributed by atoms with E-state index < -0.39 is 12.1 Å². The molecule has 0 aliphatic rings. The second kappa shape index (κ2) is 8.31. The van der Waals surface area contributed by atoms with Crippen molar-refractivity contribution in [2.45, 2.75) is 13.0 Å². The first-order valence-corrected chi connectivity index (χ1v) is 1.53. The number of carbonyl (C=O) groups is 1. The van der Waals surface area contributed by atoms with Crippen LogP contribution in [-0.2, 0) is 31.0 Å². The Labute approximate surface area is 88.9 Å². The van der Waals surface area contributed by atoms with Crippen molar-refractivity contribution in [3.05, 3.63) is 0 Å². The van der Waals surface area contributed by atoms with Crippen LogP contribution in [0.4, 0.5) is 0 Å². The van der Waals surface area contributed by atoms with Gasteiger partial charge < -0.3 is 15.0 Å². The largest absolute Gasteiger partial charge is 2.00 e. The van der Waals surface area contributed by atoms with E-state index in [-0.39, 0.29) is 55.8 Å². The van der Waals surface area contributed by atoms with E-state index in [0.29, 0.717) is 0 Å². The molecule has 0 heterocycles. The van der Waals surface area contributed by atoms with E-state index in [4.69, 9.17) is 5.11 Å². The number of hydrogen-bond donors (Lipinski definition) is 1. The Morgan fingerprint density at radius 3 is 1.88 bits per heavy atom. The Morgan fingerprint density at radius 1 is 1.75 bits per heavy atom. The number of carboxylic acid groups (broad SMARTS) is 1. The van der Waals surface area contributed by atoms with Crippen LogP contribution >= 0.6 is 0 Å². The van der Waals surface area contributed by atoms with Gasteiger partial charge in [0.1, 0.15) is 0 Å². The maximum atomic E-state index is 9.34. The number of carboxylic acids is 1. The maximum absolute atomic E-state index is 9.34. The number of rotatable bonds is 1. The fourth-order valence-corrected chi connectivity index (χ4v) is 0. The van der Waals surface area contributed by atoms with Crippen molar-refractivity contribution >= 4 is 5.97 Å². The Kier molecular flexibility index (Phi) is 16.8. The molecule has 0 spiro atoms. The van der Waals surface area contributed by atoms with Gasteiger partial charge >= 0.3 is 55.8 Å². The second-order valence-corrected chi connectivity index (χ2v) is 0.995. The SMILES string of the molecule is CC(O)C(=O)[O-].[Na+].[Zr+2]. The van der Waals surface area contributed by atoms with Crippen molar-refractivity contribution in [2.75, 3.05) is 0 Å². The molecule has 5 heteroatoms. The second-order valence-electron chi connectivity index (χ2n) is 0.995. The molecule has 0 aliphatic carbocycles. The fraction of sp³-hybridized carbons (Fsp3) is 0.667. The molecule has 3 nitrogen and oxygen atoms in total. The maximum Gasteiger partial charge on any atom is 2.00 e. The molecule has 1 unspecified atom stereocenters. The van der Waals surface area contributed by atoms with E-state index in [2.05, 4.69) is 0 Å². The topological polar surface area (TPSA) is 60.4 Å². The molecule has 38 valence electrons. The summed E-state index contributed by atoms with van der Waals surface area (Å²) in [6.07, 6.45) is -1.34. The van der Waals surface area contributed by atoms with Crippen LogP contribution in [0.5, 0.6) is 0 Å². The minimum absolute atomic E-state index is 0. The van der Waals surface area contributed by atoms with Gasteiger partial charge in [-0.25, -0.2) is 0 Å². The van der Waals surface area contributed by atoms with Gasteiger partial charge in [-0.3, -0.25) is 0 Å². The molecule has 0 saturated heterocycles. The molecule has 0 saturated carbocycles. The first kappa shape index (κ1) is 16.1. The van der Waals surface area contributed by atoms with Crippen molar-refractivity contribution in [1.29, 1.82) is 0 Å².